The molecule has 0 saturated carbocycles. The molecule has 1 saturated heterocycles. The summed E-state index contributed by atoms with van der Waals surface area (Å²) in [4.78, 5) is 0.0955. The largest absolute Gasteiger partial charge is 0.365 e. The molecule has 1 nitrogen and oxygen atoms in total. The molecular weight excluding hydrogens is 120 g/mol. The van der Waals surface area contributed by atoms with Crippen molar-refractivity contribution in [1.29, 1.82) is 0 Å². The monoisotopic (exact) mass is 132 g/mol. The SMILES string of the molecule is CC1(C)OCCCS1. The highest BCUT2D eigenvalue weighted by Gasteiger charge is 2.21. The molecule has 1 heterocycles. The summed E-state index contributed by atoms with van der Waals surface area (Å²) in [6.45, 7) is 5.19. The van der Waals surface area contributed by atoms with Crippen molar-refractivity contribution < 1.29 is 4.74 Å². The topological polar surface area (TPSA) is 9.23 Å². The first-order valence-corrected chi connectivity index (χ1v) is 3.97. The van der Waals surface area contributed by atoms with Crippen LogP contribution in [-0.4, -0.2) is 17.3 Å². The van der Waals surface area contributed by atoms with Crippen LogP contribution in [0.25, 0.3) is 0 Å². The molecule has 0 N–H and O–H groups in total. The quantitative estimate of drug-likeness (QED) is 0.497. The normalized spacial score (nSPS) is 27.8. The Labute approximate surface area is 54.8 Å². The number of ether oxygens (including phenoxy) is 1. The Kier molecular flexibility index (Phi) is 1.83. The molecule has 1 aliphatic rings. The fourth-order valence-electron chi connectivity index (χ4n) is 0.737. The highest BCUT2D eigenvalue weighted by molar-refractivity contribution is 8.00. The van der Waals surface area contributed by atoms with E-state index in [2.05, 4.69) is 13.8 Å². The number of hydrogen-bond acceptors (Lipinski definition) is 2. The molecule has 2 heteroatoms. The molecule has 48 valence electrons. The van der Waals surface area contributed by atoms with E-state index in [9.17, 15) is 0 Å². The molecule has 0 unspecified atom stereocenters. The Morgan fingerprint density at radius 1 is 1.50 bits per heavy atom. The van der Waals surface area contributed by atoms with Gasteiger partial charge in [0.15, 0.2) is 0 Å². The third-order valence-electron chi connectivity index (χ3n) is 1.19. The van der Waals surface area contributed by atoms with Gasteiger partial charge in [-0.1, -0.05) is 0 Å². The summed E-state index contributed by atoms with van der Waals surface area (Å²) in [5.41, 5.74) is 0. The molecule has 0 aliphatic carbocycles. The molecule has 0 aromatic rings. The van der Waals surface area contributed by atoms with Crippen LogP contribution in [0.2, 0.25) is 0 Å². The van der Waals surface area contributed by atoms with Crippen LogP contribution in [0.1, 0.15) is 20.3 Å². The standard InChI is InChI=1S/C6H12OS/c1-6(2)7-4-3-5-8-6/h3-5H2,1-2H3. The molecule has 0 atom stereocenters. The van der Waals surface area contributed by atoms with Crippen LogP contribution >= 0.6 is 11.8 Å². The van der Waals surface area contributed by atoms with Gasteiger partial charge in [0.2, 0.25) is 0 Å². The summed E-state index contributed by atoms with van der Waals surface area (Å²) in [6.07, 6.45) is 1.22. The van der Waals surface area contributed by atoms with E-state index in [0.29, 0.717) is 0 Å². The fourth-order valence-corrected chi connectivity index (χ4v) is 1.66. The molecule has 0 bridgehead atoms. The van der Waals surface area contributed by atoms with Gasteiger partial charge in [-0.25, -0.2) is 0 Å². The summed E-state index contributed by atoms with van der Waals surface area (Å²) in [6, 6.07) is 0. The number of rotatable bonds is 0. The Balaban J connectivity index is 2.33. The lowest BCUT2D eigenvalue weighted by atomic mass is 10.4. The summed E-state index contributed by atoms with van der Waals surface area (Å²) in [5, 5.41) is 0. The van der Waals surface area contributed by atoms with E-state index in [1.54, 1.807) is 0 Å². The minimum Gasteiger partial charge on any atom is -0.365 e. The van der Waals surface area contributed by atoms with E-state index in [1.165, 1.54) is 12.2 Å². The maximum absolute atomic E-state index is 5.43. The van der Waals surface area contributed by atoms with E-state index in [1.807, 2.05) is 11.8 Å². The smallest absolute Gasteiger partial charge is 0.108 e. The Hall–Kier alpha value is 0.310. The van der Waals surface area contributed by atoms with Crippen molar-refractivity contribution in [2.24, 2.45) is 0 Å². The maximum atomic E-state index is 5.43. The van der Waals surface area contributed by atoms with Gasteiger partial charge in [-0.3, -0.25) is 0 Å². The highest BCUT2D eigenvalue weighted by atomic mass is 32.2. The van der Waals surface area contributed by atoms with Gasteiger partial charge >= 0.3 is 0 Å². The van der Waals surface area contributed by atoms with Crippen LogP contribution in [0.4, 0.5) is 0 Å². The predicted octanol–water partition coefficient (Wildman–Crippen LogP) is 1.88. The van der Waals surface area contributed by atoms with Gasteiger partial charge in [-0.2, -0.15) is 0 Å². The van der Waals surface area contributed by atoms with Crippen molar-refractivity contribution in [2.75, 3.05) is 12.4 Å². The average Bonchev–Trinajstić information content (AvgIpc) is 1.65. The zero-order valence-electron chi connectivity index (χ0n) is 5.44. The molecule has 0 radical (unpaired) electrons. The van der Waals surface area contributed by atoms with Gasteiger partial charge in [0.1, 0.15) is 4.93 Å². The molecule has 1 fully saturated rings. The second-order valence-electron chi connectivity index (χ2n) is 2.45. The summed E-state index contributed by atoms with van der Waals surface area (Å²) in [5.74, 6) is 1.26. The molecule has 1 rings (SSSR count). The van der Waals surface area contributed by atoms with E-state index in [-0.39, 0.29) is 4.93 Å². The van der Waals surface area contributed by atoms with Gasteiger partial charge in [-0.05, 0) is 26.0 Å². The zero-order valence-corrected chi connectivity index (χ0v) is 6.25. The maximum Gasteiger partial charge on any atom is 0.108 e. The Bertz CT molecular complexity index is 72.6. The lowest BCUT2D eigenvalue weighted by molar-refractivity contribution is 0.0460. The predicted molar refractivity (Wildman–Crippen MR) is 37.1 cm³/mol. The molecule has 1 aliphatic heterocycles. The first kappa shape index (κ1) is 6.43. The van der Waals surface area contributed by atoms with Crippen molar-refractivity contribution in [1.82, 2.24) is 0 Å². The summed E-state index contributed by atoms with van der Waals surface area (Å²) >= 11 is 1.90. The minimum absolute atomic E-state index is 0.0955. The van der Waals surface area contributed by atoms with Crippen LogP contribution < -0.4 is 0 Å². The van der Waals surface area contributed by atoms with Crippen LogP contribution in [0.3, 0.4) is 0 Å². The van der Waals surface area contributed by atoms with Crippen molar-refractivity contribution in [2.45, 2.75) is 25.2 Å². The summed E-state index contributed by atoms with van der Waals surface area (Å²) in [7, 11) is 0. The van der Waals surface area contributed by atoms with Crippen LogP contribution in [-0.2, 0) is 4.74 Å². The molecule has 0 amide bonds. The molecule has 0 aromatic carbocycles. The first-order chi connectivity index (χ1) is 3.71. The van der Waals surface area contributed by atoms with Crippen molar-refractivity contribution in [3.8, 4) is 0 Å². The van der Waals surface area contributed by atoms with Gasteiger partial charge in [0.25, 0.3) is 0 Å². The van der Waals surface area contributed by atoms with Crippen molar-refractivity contribution in [3.63, 3.8) is 0 Å². The third-order valence-corrected chi connectivity index (χ3v) is 2.49. The fraction of sp³-hybridized carbons (Fsp3) is 1.00. The lowest BCUT2D eigenvalue weighted by Crippen LogP contribution is -2.25. The molecule has 0 aromatic heterocycles. The first-order valence-electron chi connectivity index (χ1n) is 2.99. The van der Waals surface area contributed by atoms with Crippen LogP contribution in [0, 0.1) is 0 Å². The molecule has 0 spiro atoms. The van der Waals surface area contributed by atoms with Crippen molar-refractivity contribution >= 4 is 11.8 Å². The average molecular weight is 132 g/mol. The van der Waals surface area contributed by atoms with Crippen LogP contribution in [0.5, 0.6) is 0 Å². The Morgan fingerprint density at radius 3 is 2.50 bits per heavy atom. The highest BCUT2D eigenvalue weighted by Crippen LogP contribution is 2.29. The van der Waals surface area contributed by atoms with E-state index >= 15 is 0 Å². The van der Waals surface area contributed by atoms with Gasteiger partial charge in [0, 0.05) is 6.61 Å². The van der Waals surface area contributed by atoms with Crippen molar-refractivity contribution in [3.05, 3.63) is 0 Å². The molecular formula is C6H12OS. The van der Waals surface area contributed by atoms with Crippen LogP contribution in [0.15, 0.2) is 0 Å². The third kappa shape index (κ3) is 1.67. The second kappa shape index (κ2) is 2.28. The lowest BCUT2D eigenvalue weighted by Gasteiger charge is -2.28. The molecule has 8 heavy (non-hydrogen) atoms. The zero-order chi connectivity index (χ0) is 6.04. The van der Waals surface area contributed by atoms with E-state index in [4.69, 9.17) is 4.74 Å². The summed E-state index contributed by atoms with van der Waals surface area (Å²) < 4.78 is 5.43. The van der Waals surface area contributed by atoms with Gasteiger partial charge in [0.05, 0.1) is 0 Å². The number of hydrogen-bond donors (Lipinski definition) is 0. The minimum atomic E-state index is 0.0955. The van der Waals surface area contributed by atoms with E-state index in [0.717, 1.165) is 6.61 Å². The number of thioether (sulfide) groups is 1. The second-order valence-corrected chi connectivity index (χ2v) is 4.13. The Morgan fingerprint density at radius 2 is 2.25 bits per heavy atom. The van der Waals surface area contributed by atoms with Gasteiger partial charge < -0.3 is 4.74 Å². The van der Waals surface area contributed by atoms with E-state index < -0.39 is 0 Å². The van der Waals surface area contributed by atoms with Gasteiger partial charge in [-0.15, -0.1) is 11.8 Å².